The number of rotatable bonds is 5. The highest BCUT2D eigenvalue weighted by atomic mass is 32.1. The quantitative estimate of drug-likeness (QED) is 0.643. The van der Waals surface area contributed by atoms with E-state index in [1.54, 1.807) is 0 Å². The molecule has 3 aromatic rings. The highest BCUT2D eigenvalue weighted by Gasteiger charge is 2.22. The van der Waals surface area contributed by atoms with E-state index in [2.05, 4.69) is 21.3 Å². The van der Waals surface area contributed by atoms with E-state index in [4.69, 9.17) is 14.7 Å². The van der Waals surface area contributed by atoms with Gasteiger partial charge in [-0.2, -0.15) is 5.26 Å². The van der Waals surface area contributed by atoms with Gasteiger partial charge in [0.05, 0.1) is 23.7 Å². The molecule has 0 unspecified atom stereocenters. The minimum atomic E-state index is 0.00404. The molecule has 0 saturated carbocycles. The molecule has 3 heterocycles. The molecule has 162 valence electrons. The Morgan fingerprint density at radius 1 is 1.16 bits per heavy atom. The average Bonchev–Trinajstić information content (AvgIpc) is 3.48. The predicted molar refractivity (Wildman–Crippen MR) is 122 cm³/mol. The Bertz CT molecular complexity index is 1160. The second-order valence-corrected chi connectivity index (χ2v) is 8.73. The van der Waals surface area contributed by atoms with Gasteiger partial charge in [0.25, 0.3) is 0 Å². The monoisotopic (exact) mass is 446 g/mol. The van der Waals surface area contributed by atoms with Gasteiger partial charge in [0.15, 0.2) is 11.5 Å². The molecule has 0 radical (unpaired) electrons. The van der Waals surface area contributed by atoms with Gasteiger partial charge in [0.1, 0.15) is 5.01 Å². The van der Waals surface area contributed by atoms with Crippen LogP contribution in [0.2, 0.25) is 0 Å². The summed E-state index contributed by atoms with van der Waals surface area (Å²) in [6, 6.07) is 15.7. The zero-order valence-electron chi connectivity index (χ0n) is 17.4. The molecular weight excluding hydrogens is 424 g/mol. The molecule has 1 saturated heterocycles. The van der Waals surface area contributed by atoms with Crippen molar-refractivity contribution in [2.24, 2.45) is 0 Å². The van der Waals surface area contributed by atoms with Gasteiger partial charge in [-0.3, -0.25) is 4.79 Å². The van der Waals surface area contributed by atoms with Crippen LogP contribution < -0.4 is 19.7 Å². The van der Waals surface area contributed by atoms with Crippen molar-refractivity contribution in [2.45, 2.75) is 25.3 Å². The van der Waals surface area contributed by atoms with Crippen LogP contribution in [0, 0.1) is 11.3 Å². The highest BCUT2D eigenvalue weighted by Crippen LogP contribution is 2.36. The number of nitrogens with zero attached hydrogens (tertiary/aromatic N) is 3. The minimum Gasteiger partial charge on any atom is -0.454 e. The van der Waals surface area contributed by atoms with Gasteiger partial charge >= 0.3 is 0 Å². The average molecular weight is 447 g/mol. The number of nitrogens with one attached hydrogen (secondary N) is 1. The fourth-order valence-electron chi connectivity index (χ4n) is 4.02. The van der Waals surface area contributed by atoms with Crippen LogP contribution >= 0.6 is 11.3 Å². The lowest BCUT2D eigenvalue weighted by Gasteiger charge is -2.34. The number of fused-ring (bicyclic) bond motifs is 1. The number of benzene rings is 2. The Balaban J connectivity index is 1.13. The summed E-state index contributed by atoms with van der Waals surface area (Å²) in [5.41, 5.74) is 3.52. The molecule has 0 aliphatic carbocycles. The first kappa shape index (κ1) is 20.3. The van der Waals surface area contributed by atoms with Crippen LogP contribution in [0.5, 0.6) is 11.5 Å². The second kappa shape index (κ2) is 8.89. The first-order valence-corrected chi connectivity index (χ1v) is 11.4. The third kappa shape index (κ3) is 4.39. The smallest absolute Gasteiger partial charge is 0.231 e. The summed E-state index contributed by atoms with van der Waals surface area (Å²) in [5, 5.41) is 14.9. The van der Waals surface area contributed by atoms with Crippen LogP contribution in [-0.2, 0) is 11.2 Å². The van der Waals surface area contributed by atoms with E-state index < -0.39 is 0 Å². The van der Waals surface area contributed by atoms with Crippen LogP contribution in [0.15, 0.2) is 47.8 Å². The Labute approximate surface area is 190 Å². The fraction of sp³-hybridized carbons (Fsp3) is 0.292. The zero-order chi connectivity index (χ0) is 21.9. The van der Waals surface area contributed by atoms with Gasteiger partial charge in [-0.1, -0.05) is 0 Å². The highest BCUT2D eigenvalue weighted by molar-refractivity contribution is 7.13. The van der Waals surface area contributed by atoms with Crippen LogP contribution in [0.4, 0.5) is 5.69 Å². The molecule has 0 atom stereocenters. The molecule has 2 aliphatic rings. The maximum Gasteiger partial charge on any atom is 0.231 e. The first-order chi connectivity index (χ1) is 15.7. The summed E-state index contributed by atoms with van der Waals surface area (Å²) in [5.74, 6) is 1.48. The standard InChI is InChI=1S/C24H22N4O3S/c25-13-16-1-4-20(5-2-16)28-9-7-18(8-10-28)26-23(29)12-19-14-32-24(27-19)17-3-6-21-22(11-17)31-15-30-21/h1-6,11,14,18H,7-10,12,15H2,(H,26,29). The van der Waals surface area contributed by atoms with Crippen LogP contribution in [0.25, 0.3) is 10.6 Å². The number of hydrogen-bond donors (Lipinski definition) is 1. The van der Waals surface area contributed by atoms with E-state index in [0.29, 0.717) is 5.56 Å². The van der Waals surface area contributed by atoms with E-state index in [0.717, 1.165) is 59.4 Å². The van der Waals surface area contributed by atoms with E-state index >= 15 is 0 Å². The number of carbonyl (C=O) groups excluding carboxylic acids is 1. The molecule has 2 aliphatic heterocycles. The molecule has 32 heavy (non-hydrogen) atoms. The molecule has 5 rings (SSSR count). The summed E-state index contributed by atoms with van der Waals surface area (Å²) in [7, 11) is 0. The largest absolute Gasteiger partial charge is 0.454 e. The topological polar surface area (TPSA) is 87.5 Å². The number of amides is 1. The van der Waals surface area contributed by atoms with E-state index in [1.165, 1.54) is 11.3 Å². The number of carbonyl (C=O) groups is 1. The molecule has 7 nitrogen and oxygen atoms in total. The zero-order valence-corrected chi connectivity index (χ0v) is 18.2. The summed E-state index contributed by atoms with van der Waals surface area (Å²) in [6.45, 7) is 2.00. The van der Waals surface area contributed by atoms with Gasteiger partial charge in [0.2, 0.25) is 12.7 Å². The lowest BCUT2D eigenvalue weighted by molar-refractivity contribution is -0.121. The number of hydrogen-bond acceptors (Lipinski definition) is 7. The van der Waals surface area contributed by atoms with Crippen molar-refractivity contribution in [3.05, 3.63) is 59.1 Å². The molecule has 0 spiro atoms. The number of piperidine rings is 1. The third-order valence-corrected chi connectivity index (χ3v) is 6.67. The summed E-state index contributed by atoms with van der Waals surface area (Å²) >= 11 is 1.52. The van der Waals surface area contributed by atoms with Crippen molar-refractivity contribution in [2.75, 3.05) is 24.8 Å². The van der Waals surface area contributed by atoms with Crippen molar-refractivity contribution in [1.29, 1.82) is 5.26 Å². The number of ether oxygens (including phenoxy) is 2. The lowest BCUT2D eigenvalue weighted by Crippen LogP contribution is -2.45. The van der Waals surface area contributed by atoms with E-state index in [9.17, 15) is 4.79 Å². The maximum absolute atomic E-state index is 12.6. The molecule has 8 heteroatoms. The van der Waals surface area contributed by atoms with Gasteiger partial charge in [-0.25, -0.2) is 4.98 Å². The molecule has 1 N–H and O–H groups in total. The summed E-state index contributed by atoms with van der Waals surface area (Å²) in [6.07, 6.45) is 2.06. The van der Waals surface area contributed by atoms with Gasteiger partial charge in [0, 0.05) is 35.8 Å². The van der Waals surface area contributed by atoms with Crippen LogP contribution in [0.3, 0.4) is 0 Å². The van der Waals surface area contributed by atoms with Crippen LogP contribution in [-0.4, -0.2) is 36.8 Å². The number of aromatic nitrogens is 1. The van der Waals surface area contributed by atoms with E-state index in [-0.39, 0.29) is 25.2 Å². The number of thiazole rings is 1. The van der Waals surface area contributed by atoms with Crippen molar-refractivity contribution in [3.63, 3.8) is 0 Å². The summed E-state index contributed by atoms with van der Waals surface area (Å²) in [4.78, 5) is 19.5. The Morgan fingerprint density at radius 3 is 2.72 bits per heavy atom. The fourth-order valence-corrected chi connectivity index (χ4v) is 4.84. The van der Waals surface area contributed by atoms with Crippen molar-refractivity contribution in [3.8, 4) is 28.1 Å². The van der Waals surface area contributed by atoms with E-state index in [1.807, 2.05) is 47.8 Å². The first-order valence-electron chi connectivity index (χ1n) is 10.6. The normalized spacial score (nSPS) is 15.4. The Morgan fingerprint density at radius 2 is 1.94 bits per heavy atom. The molecular formula is C24H22N4O3S. The maximum atomic E-state index is 12.6. The van der Waals surface area contributed by atoms with Gasteiger partial charge in [-0.05, 0) is 55.3 Å². The minimum absolute atomic E-state index is 0.00404. The lowest BCUT2D eigenvalue weighted by atomic mass is 10.0. The van der Waals surface area contributed by atoms with Crippen molar-refractivity contribution < 1.29 is 14.3 Å². The second-order valence-electron chi connectivity index (χ2n) is 7.88. The number of anilines is 1. The van der Waals surface area contributed by atoms with Crippen LogP contribution in [0.1, 0.15) is 24.1 Å². The van der Waals surface area contributed by atoms with Crippen molar-refractivity contribution in [1.82, 2.24) is 10.3 Å². The predicted octanol–water partition coefficient (Wildman–Crippen LogP) is 3.74. The summed E-state index contributed by atoms with van der Waals surface area (Å²) < 4.78 is 10.8. The third-order valence-electron chi connectivity index (χ3n) is 5.73. The van der Waals surface area contributed by atoms with Gasteiger partial charge in [-0.15, -0.1) is 11.3 Å². The number of nitriles is 1. The Kier molecular flexibility index (Phi) is 5.65. The van der Waals surface area contributed by atoms with Gasteiger partial charge < -0.3 is 19.7 Å². The molecule has 1 fully saturated rings. The Hall–Kier alpha value is -3.57. The molecule has 1 aromatic heterocycles. The molecule has 2 aromatic carbocycles. The molecule has 1 amide bonds. The molecule has 0 bridgehead atoms. The SMILES string of the molecule is N#Cc1ccc(N2CCC(NC(=O)Cc3csc(-c4ccc5c(c4)OCO5)n3)CC2)cc1. The van der Waals surface area contributed by atoms with Crippen molar-refractivity contribution >= 4 is 22.9 Å².